The van der Waals surface area contributed by atoms with E-state index in [0.717, 1.165) is 40.1 Å². The van der Waals surface area contributed by atoms with Crippen molar-refractivity contribution in [1.29, 1.82) is 0 Å². The van der Waals surface area contributed by atoms with Crippen molar-refractivity contribution in [1.82, 2.24) is 10.2 Å². The lowest BCUT2D eigenvalue weighted by Crippen LogP contribution is -2.05. The van der Waals surface area contributed by atoms with E-state index in [9.17, 15) is 14.7 Å². The summed E-state index contributed by atoms with van der Waals surface area (Å²) in [5, 5.41) is 17.1. The third kappa shape index (κ3) is 2.87. The topological polar surface area (TPSA) is 102 Å². The van der Waals surface area contributed by atoms with Gasteiger partial charge in [0.2, 0.25) is 0 Å². The third-order valence-corrected chi connectivity index (χ3v) is 5.64. The average molecular weight is 384 g/mol. The third-order valence-electron chi connectivity index (χ3n) is 4.54. The number of aryl methyl sites for hydroxylation is 1. The molecule has 0 spiro atoms. The highest BCUT2D eigenvalue weighted by Crippen LogP contribution is 2.48. The fourth-order valence-corrected chi connectivity index (χ4v) is 4.35. The Morgan fingerprint density at radius 3 is 2.81 bits per heavy atom. The van der Waals surface area contributed by atoms with E-state index in [1.54, 1.807) is 24.4 Å². The van der Waals surface area contributed by atoms with E-state index in [4.69, 9.17) is 9.47 Å². The lowest BCUT2D eigenvalue weighted by Gasteiger charge is -2.14. The number of carbonyl (C=O) groups excluding carboxylic acids is 1. The number of aromatic nitrogens is 2. The molecule has 138 valence electrons. The number of Topliss-reactive ketones (excluding diaryl/α,β-unsaturated/α-hetero) is 1. The Balaban J connectivity index is 1.80. The second-order valence-corrected chi connectivity index (χ2v) is 7.15. The summed E-state index contributed by atoms with van der Waals surface area (Å²) in [5.74, 6) is -0.212. The van der Waals surface area contributed by atoms with Crippen LogP contribution < -0.4 is 9.47 Å². The summed E-state index contributed by atoms with van der Waals surface area (Å²) in [5.41, 5.74) is 3.78. The van der Waals surface area contributed by atoms with Gasteiger partial charge >= 0.3 is 5.97 Å². The smallest absolute Gasteiger partial charge is 0.346 e. The number of ether oxygens (including phenoxy) is 2. The first kappa shape index (κ1) is 17.3. The molecule has 1 aliphatic rings. The Morgan fingerprint density at radius 2 is 2.11 bits per heavy atom. The number of aromatic carboxylic acids is 1. The first-order valence-electron chi connectivity index (χ1n) is 8.28. The summed E-state index contributed by atoms with van der Waals surface area (Å²) in [4.78, 5) is 23.6. The molecule has 0 amide bonds. The summed E-state index contributed by atoms with van der Waals surface area (Å²) in [6, 6.07) is 4.93. The van der Waals surface area contributed by atoms with Crippen LogP contribution in [-0.4, -0.2) is 34.2 Å². The quantitative estimate of drug-likeness (QED) is 0.646. The number of carboxylic acids is 1. The van der Waals surface area contributed by atoms with Crippen molar-refractivity contribution in [2.45, 2.75) is 19.8 Å². The molecule has 27 heavy (non-hydrogen) atoms. The molecule has 2 heterocycles. The molecule has 4 rings (SSSR count). The minimum Gasteiger partial charge on any atom is -0.496 e. The van der Waals surface area contributed by atoms with Crippen molar-refractivity contribution in [3.05, 3.63) is 46.0 Å². The van der Waals surface area contributed by atoms with Crippen molar-refractivity contribution in [2.24, 2.45) is 0 Å². The summed E-state index contributed by atoms with van der Waals surface area (Å²) < 4.78 is 11.3. The number of carbonyl (C=O) groups is 2. The molecular weight excluding hydrogens is 368 g/mol. The molecule has 0 fully saturated rings. The monoisotopic (exact) mass is 384 g/mol. The Hall–Kier alpha value is -3.13. The van der Waals surface area contributed by atoms with Gasteiger partial charge in [-0.1, -0.05) is 11.3 Å². The van der Waals surface area contributed by atoms with E-state index in [2.05, 4.69) is 10.2 Å². The van der Waals surface area contributed by atoms with Crippen LogP contribution in [0.3, 0.4) is 0 Å². The maximum Gasteiger partial charge on any atom is 0.346 e. The van der Waals surface area contributed by atoms with Crippen molar-refractivity contribution in [3.63, 3.8) is 0 Å². The van der Waals surface area contributed by atoms with Crippen LogP contribution in [-0.2, 0) is 12.8 Å². The van der Waals surface area contributed by atoms with Gasteiger partial charge in [-0.3, -0.25) is 9.89 Å². The van der Waals surface area contributed by atoms with Crippen LogP contribution in [0.1, 0.15) is 38.1 Å². The molecule has 0 aliphatic heterocycles. The largest absolute Gasteiger partial charge is 0.496 e. The number of methoxy groups -OCH3 is 1. The fourth-order valence-electron chi connectivity index (χ4n) is 3.29. The number of nitrogens with zero attached hydrogens (tertiary/aromatic N) is 1. The van der Waals surface area contributed by atoms with E-state index >= 15 is 0 Å². The van der Waals surface area contributed by atoms with Crippen molar-refractivity contribution < 1.29 is 24.2 Å². The number of H-pyrrole nitrogens is 1. The minimum absolute atomic E-state index is 0.109. The molecule has 3 aromatic rings. The molecule has 8 heteroatoms. The molecule has 0 radical (unpaired) electrons. The zero-order valence-electron chi connectivity index (χ0n) is 14.7. The van der Waals surface area contributed by atoms with Crippen molar-refractivity contribution in [2.75, 3.05) is 7.11 Å². The SMILES string of the molecule is COc1cc(Oc2sc(C(=O)O)c3c2-c2[nH]ncc2CC3)ccc1C(C)=O. The van der Waals surface area contributed by atoms with Gasteiger partial charge in [0.15, 0.2) is 10.8 Å². The molecule has 2 N–H and O–H groups in total. The summed E-state index contributed by atoms with van der Waals surface area (Å²) in [6.45, 7) is 1.47. The molecular formula is C19H16N2O5S. The highest BCUT2D eigenvalue weighted by atomic mass is 32.1. The van der Waals surface area contributed by atoms with Crippen LogP contribution in [0.2, 0.25) is 0 Å². The first-order chi connectivity index (χ1) is 13.0. The molecule has 0 bridgehead atoms. The molecule has 1 aliphatic carbocycles. The molecule has 7 nitrogen and oxygen atoms in total. The Morgan fingerprint density at radius 1 is 1.30 bits per heavy atom. The van der Waals surface area contributed by atoms with Crippen LogP contribution >= 0.6 is 11.3 Å². The second-order valence-electron chi connectivity index (χ2n) is 6.17. The maximum absolute atomic E-state index is 11.7. The Bertz CT molecular complexity index is 1070. The summed E-state index contributed by atoms with van der Waals surface area (Å²) in [6.07, 6.45) is 3.11. The number of aromatic amines is 1. The van der Waals surface area contributed by atoms with E-state index < -0.39 is 5.97 Å². The number of fused-ring (bicyclic) bond motifs is 3. The highest BCUT2D eigenvalue weighted by Gasteiger charge is 2.30. The number of hydrogen-bond acceptors (Lipinski definition) is 6. The van der Waals surface area contributed by atoms with E-state index in [-0.39, 0.29) is 10.7 Å². The van der Waals surface area contributed by atoms with E-state index in [0.29, 0.717) is 28.5 Å². The van der Waals surface area contributed by atoms with Crippen LogP contribution in [0.25, 0.3) is 11.3 Å². The number of rotatable bonds is 5. The van der Waals surface area contributed by atoms with Gasteiger partial charge in [-0.15, -0.1) is 0 Å². The van der Waals surface area contributed by atoms with Crippen LogP contribution in [0.5, 0.6) is 16.6 Å². The number of benzene rings is 1. The van der Waals surface area contributed by atoms with Gasteiger partial charge in [0.05, 0.1) is 30.1 Å². The zero-order valence-corrected chi connectivity index (χ0v) is 15.5. The maximum atomic E-state index is 11.7. The average Bonchev–Trinajstić information content (AvgIpc) is 3.25. The van der Waals surface area contributed by atoms with Gasteiger partial charge in [-0.05, 0) is 43.0 Å². The minimum atomic E-state index is -0.974. The normalized spacial score (nSPS) is 12.2. The summed E-state index contributed by atoms with van der Waals surface area (Å²) in [7, 11) is 1.48. The van der Waals surface area contributed by atoms with E-state index in [1.807, 2.05) is 0 Å². The standard InChI is InChI=1S/C19H16N2O5S/c1-9(22)12-6-4-11(7-14(12)25-2)26-19-15-13(17(27-19)18(23)24)5-3-10-8-20-21-16(10)15/h4,6-8H,3,5H2,1-2H3,(H,20,21)(H,23,24). The van der Waals surface area contributed by atoms with E-state index in [1.165, 1.54) is 14.0 Å². The van der Waals surface area contributed by atoms with Crippen LogP contribution in [0, 0.1) is 0 Å². The van der Waals surface area contributed by atoms with Gasteiger partial charge < -0.3 is 14.6 Å². The molecule has 2 aromatic heterocycles. The lowest BCUT2D eigenvalue weighted by atomic mass is 9.92. The number of carboxylic acid groups (broad SMARTS) is 1. The molecule has 0 atom stereocenters. The fraction of sp³-hybridized carbons (Fsp3) is 0.211. The van der Waals surface area contributed by atoms with Crippen molar-refractivity contribution in [3.8, 4) is 27.8 Å². The molecule has 0 unspecified atom stereocenters. The number of hydrogen-bond donors (Lipinski definition) is 2. The predicted molar refractivity (Wildman–Crippen MR) is 99.3 cm³/mol. The molecule has 1 aromatic carbocycles. The Kier molecular flexibility index (Phi) is 4.19. The molecule has 0 saturated heterocycles. The highest BCUT2D eigenvalue weighted by molar-refractivity contribution is 7.16. The predicted octanol–water partition coefficient (Wildman–Crippen LogP) is 3.94. The van der Waals surface area contributed by atoms with Crippen LogP contribution in [0.4, 0.5) is 0 Å². The van der Waals surface area contributed by atoms with Crippen LogP contribution in [0.15, 0.2) is 24.4 Å². The lowest BCUT2D eigenvalue weighted by molar-refractivity contribution is 0.0700. The zero-order chi connectivity index (χ0) is 19.1. The van der Waals surface area contributed by atoms with Gasteiger partial charge in [-0.25, -0.2) is 4.79 Å². The van der Waals surface area contributed by atoms with Gasteiger partial charge in [0.25, 0.3) is 0 Å². The number of thiophene rings is 1. The van der Waals surface area contributed by atoms with Gasteiger partial charge in [0.1, 0.15) is 16.4 Å². The van der Waals surface area contributed by atoms with Gasteiger partial charge in [0, 0.05) is 6.07 Å². The molecule has 0 saturated carbocycles. The summed E-state index contributed by atoms with van der Waals surface area (Å²) >= 11 is 1.09. The number of ketones is 1. The first-order valence-corrected chi connectivity index (χ1v) is 9.09. The Labute approximate surface area is 158 Å². The van der Waals surface area contributed by atoms with Crippen molar-refractivity contribution >= 4 is 23.1 Å². The second kappa shape index (κ2) is 6.55. The number of nitrogens with one attached hydrogen (secondary N) is 1. The van der Waals surface area contributed by atoms with Gasteiger partial charge in [-0.2, -0.15) is 5.10 Å².